The maximum atomic E-state index is 11.5. The molecule has 0 bridgehead atoms. The number of carbonyl (C=O) groups is 1. The number of rotatable bonds is 7. The first-order valence-electron chi connectivity index (χ1n) is 7.15. The molecule has 0 unspecified atom stereocenters. The maximum Gasteiger partial charge on any atom is 0.221 e. The van der Waals surface area contributed by atoms with Crippen molar-refractivity contribution in [2.24, 2.45) is 0 Å². The van der Waals surface area contributed by atoms with Crippen LogP contribution in [0.3, 0.4) is 0 Å². The molecule has 5 heteroatoms. The van der Waals surface area contributed by atoms with Crippen molar-refractivity contribution in [1.29, 1.82) is 0 Å². The van der Waals surface area contributed by atoms with Gasteiger partial charge in [-0.1, -0.05) is 13.0 Å². The van der Waals surface area contributed by atoms with Crippen LogP contribution in [0.4, 0.5) is 0 Å². The smallest absolute Gasteiger partial charge is 0.221 e. The zero-order valence-electron chi connectivity index (χ0n) is 11.9. The van der Waals surface area contributed by atoms with E-state index in [9.17, 15) is 4.79 Å². The maximum absolute atomic E-state index is 11.5. The van der Waals surface area contributed by atoms with Gasteiger partial charge < -0.3 is 20.1 Å². The molecule has 0 radical (unpaired) electrons. The number of amides is 1. The average molecular weight is 278 g/mol. The van der Waals surface area contributed by atoms with E-state index in [2.05, 4.69) is 10.6 Å². The van der Waals surface area contributed by atoms with Gasteiger partial charge in [0.15, 0.2) is 11.5 Å². The number of carbonyl (C=O) groups excluding carboxylic acids is 1. The minimum atomic E-state index is 0.0866. The highest BCUT2D eigenvalue weighted by Crippen LogP contribution is 2.30. The van der Waals surface area contributed by atoms with Crippen LogP contribution >= 0.6 is 0 Å². The summed E-state index contributed by atoms with van der Waals surface area (Å²) in [5, 5.41) is 6.05. The van der Waals surface area contributed by atoms with Gasteiger partial charge >= 0.3 is 0 Å². The van der Waals surface area contributed by atoms with E-state index < -0.39 is 0 Å². The fourth-order valence-corrected chi connectivity index (χ4v) is 2.06. The number of fused-ring (bicyclic) bond motifs is 1. The Hall–Kier alpha value is -1.75. The number of nitrogens with one attached hydrogen (secondary N) is 2. The van der Waals surface area contributed by atoms with Gasteiger partial charge in [0.05, 0.1) is 0 Å². The summed E-state index contributed by atoms with van der Waals surface area (Å²) in [5.41, 5.74) is 1.14. The van der Waals surface area contributed by atoms with Crippen LogP contribution in [-0.2, 0) is 11.2 Å². The molecular weight excluding hydrogens is 256 g/mol. The second-order valence-electron chi connectivity index (χ2n) is 4.68. The molecular formula is C15H22N2O3. The van der Waals surface area contributed by atoms with Crippen LogP contribution in [0.1, 0.15) is 18.9 Å². The summed E-state index contributed by atoms with van der Waals surface area (Å²) < 4.78 is 11.0. The van der Waals surface area contributed by atoms with Gasteiger partial charge in [-0.3, -0.25) is 4.79 Å². The summed E-state index contributed by atoms with van der Waals surface area (Å²) in [4.78, 5) is 11.5. The first-order chi connectivity index (χ1) is 9.79. The molecule has 0 saturated heterocycles. The van der Waals surface area contributed by atoms with Crippen molar-refractivity contribution < 1.29 is 14.3 Å². The van der Waals surface area contributed by atoms with E-state index in [-0.39, 0.29) is 5.91 Å². The van der Waals surface area contributed by atoms with Gasteiger partial charge in [0.1, 0.15) is 13.2 Å². The van der Waals surface area contributed by atoms with Gasteiger partial charge in [0.25, 0.3) is 0 Å². The third-order valence-electron chi connectivity index (χ3n) is 3.12. The average Bonchev–Trinajstić information content (AvgIpc) is 2.47. The molecule has 2 rings (SSSR count). The lowest BCUT2D eigenvalue weighted by Crippen LogP contribution is -2.29. The molecule has 1 aliphatic heterocycles. The van der Waals surface area contributed by atoms with Gasteiger partial charge in [0.2, 0.25) is 5.91 Å². The molecule has 1 aromatic rings. The monoisotopic (exact) mass is 278 g/mol. The number of benzene rings is 1. The van der Waals surface area contributed by atoms with Crippen LogP contribution in [-0.4, -0.2) is 38.8 Å². The van der Waals surface area contributed by atoms with Crippen LogP contribution in [0.25, 0.3) is 0 Å². The Morgan fingerprint density at radius 3 is 2.80 bits per heavy atom. The van der Waals surface area contributed by atoms with Crippen molar-refractivity contribution >= 4 is 5.91 Å². The van der Waals surface area contributed by atoms with Gasteiger partial charge in [-0.15, -0.1) is 0 Å². The molecule has 20 heavy (non-hydrogen) atoms. The summed E-state index contributed by atoms with van der Waals surface area (Å²) in [5.74, 6) is 1.69. The van der Waals surface area contributed by atoms with Crippen LogP contribution in [0, 0.1) is 0 Å². The first-order valence-corrected chi connectivity index (χ1v) is 7.15. The van der Waals surface area contributed by atoms with E-state index in [1.54, 1.807) is 0 Å². The zero-order chi connectivity index (χ0) is 14.2. The Balaban J connectivity index is 1.72. The molecule has 1 aliphatic rings. The van der Waals surface area contributed by atoms with Crippen LogP contribution in [0.2, 0.25) is 0 Å². The van der Waals surface area contributed by atoms with Gasteiger partial charge in [-0.2, -0.15) is 0 Å². The Labute approximate surface area is 119 Å². The van der Waals surface area contributed by atoms with Gasteiger partial charge in [0, 0.05) is 19.5 Å². The first kappa shape index (κ1) is 14.7. The summed E-state index contributed by atoms with van der Waals surface area (Å²) in [6.07, 6.45) is 1.32. The van der Waals surface area contributed by atoms with E-state index in [4.69, 9.17) is 9.47 Å². The zero-order valence-corrected chi connectivity index (χ0v) is 11.9. The Kier molecular flexibility index (Phi) is 5.68. The van der Waals surface area contributed by atoms with Crippen molar-refractivity contribution in [1.82, 2.24) is 10.6 Å². The summed E-state index contributed by atoms with van der Waals surface area (Å²) in [7, 11) is 0. The van der Waals surface area contributed by atoms with E-state index in [0.29, 0.717) is 26.2 Å². The minimum Gasteiger partial charge on any atom is -0.486 e. The van der Waals surface area contributed by atoms with Crippen molar-refractivity contribution in [2.45, 2.75) is 19.8 Å². The van der Waals surface area contributed by atoms with Crippen LogP contribution in [0.5, 0.6) is 11.5 Å². The molecule has 0 aliphatic carbocycles. The third-order valence-corrected chi connectivity index (χ3v) is 3.12. The fourth-order valence-electron chi connectivity index (χ4n) is 2.06. The Morgan fingerprint density at radius 1 is 1.20 bits per heavy atom. The van der Waals surface area contributed by atoms with Crippen molar-refractivity contribution in [3.05, 3.63) is 23.8 Å². The number of hydrogen-bond acceptors (Lipinski definition) is 4. The van der Waals surface area contributed by atoms with Crippen molar-refractivity contribution in [3.8, 4) is 11.5 Å². The molecule has 110 valence electrons. The molecule has 2 N–H and O–H groups in total. The van der Waals surface area contributed by atoms with Gasteiger partial charge in [-0.25, -0.2) is 0 Å². The highest BCUT2D eigenvalue weighted by molar-refractivity contribution is 5.76. The summed E-state index contributed by atoms with van der Waals surface area (Å²) in [6, 6.07) is 5.93. The molecule has 0 spiro atoms. The second kappa shape index (κ2) is 7.75. The lowest BCUT2D eigenvalue weighted by atomic mass is 10.1. The van der Waals surface area contributed by atoms with Crippen LogP contribution < -0.4 is 20.1 Å². The topological polar surface area (TPSA) is 59.6 Å². The summed E-state index contributed by atoms with van der Waals surface area (Å²) >= 11 is 0. The lowest BCUT2D eigenvalue weighted by molar-refractivity contribution is -0.120. The molecule has 0 aromatic heterocycles. The Morgan fingerprint density at radius 2 is 2.00 bits per heavy atom. The molecule has 1 aromatic carbocycles. The summed E-state index contributed by atoms with van der Waals surface area (Å²) in [6.45, 7) is 5.49. The molecule has 1 amide bonds. The predicted molar refractivity (Wildman–Crippen MR) is 77.3 cm³/mol. The van der Waals surface area contributed by atoms with Crippen molar-refractivity contribution in [2.75, 3.05) is 32.8 Å². The quantitative estimate of drug-likeness (QED) is 0.734. The van der Waals surface area contributed by atoms with Crippen LogP contribution in [0.15, 0.2) is 18.2 Å². The molecule has 0 atom stereocenters. The second-order valence-corrected chi connectivity index (χ2v) is 4.68. The predicted octanol–water partition coefficient (Wildman–Crippen LogP) is 1.12. The van der Waals surface area contributed by atoms with E-state index in [0.717, 1.165) is 36.6 Å². The highest BCUT2D eigenvalue weighted by atomic mass is 16.6. The largest absolute Gasteiger partial charge is 0.486 e. The fraction of sp³-hybridized carbons (Fsp3) is 0.533. The van der Waals surface area contributed by atoms with E-state index in [1.807, 2.05) is 25.1 Å². The third kappa shape index (κ3) is 4.42. The molecule has 0 saturated carbocycles. The minimum absolute atomic E-state index is 0.0866. The van der Waals surface area contributed by atoms with E-state index >= 15 is 0 Å². The van der Waals surface area contributed by atoms with Gasteiger partial charge in [-0.05, 0) is 30.7 Å². The molecule has 1 heterocycles. The standard InChI is InChI=1S/C15H22N2O3/c1-2-16-7-6-15(18)17-8-5-12-3-4-13-14(11-12)20-10-9-19-13/h3-4,11,16H,2,5-10H2,1H3,(H,17,18). The highest BCUT2D eigenvalue weighted by Gasteiger charge is 2.11. The molecule has 5 nitrogen and oxygen atoms in total. The SMILES string of the molecule is CCNCCC(=O)NCCc1ccc2c(c1)OCCO2. The lowest BCUT2D eigenvalue weighted by Gasteiger charge is -2.18. The number of ether oxygens (including phenoxy) is 2. The van der Waals surface area contributed by atoms with Crippen molar-refractivity contribution in [3.63, 3.8) is 0 Å². The number of hydrogen-bond donors (Lipinski definition) is 2. The Bertz CT molecular complexity index is 449. The van der Waals surface area contributed by atoms with E-state index in [1.165, 1.54) is 0 Å². The normalized spacial score (nSPS) is 13.1. The molecule has 0 fully saturated rings.